The molecule has 2 fully saturated rings. The fourth-order valence-electron chi connectivity index (χ4n) is 5.98. The topological polar surface area (TPSA) is 174 Å². The minimum Gasteiger partial charge on any atom is -0.460 e. The van der Waals surface area contributed by atoms with Crippen molar-refractivity contribution < 1.29 is 42.9 Å². The number of hydrazine groups is 1. The van der Waals surface area contributed by atoms with Crippen LogP contribution in [0, 0.1) is 16.7 Å². The summed E-state index contributed by atoms with van der Waals surface area (Å²) in [7, 11) is 0. The molecule has 4 atom stereocenters. The molecule has 0 radical (unpaired) electrons. The maximum Gasteiger partial charge on any atom is 0.325 e. The second-order valence-corrected chi connectivity index (χ2v) is 18.1. The number of nitrogens with one attached hydrogen (secondary N) is 3. The van der Waals surface area contributed by atoms with Gasteiger partial charge in [0.1, 0.15) is 30.8 Å². The minimum absolute atomic E-state index is 0.168. The average molecular weight is 841 g/mol. The Bertz CT molecular complexity index is 1780. The maximum absolute atomic E-state index is 13.9. The van der Waals surface area contributed by atoms with Gasteiger partial charge in [-0.3, -0.25) is 29.0 Å². The van der Waals surface area contributed by atoms with E-state index in [1.165, 1.54) is 11.9 Å². The summed E-state index contributed by atoms with van der Waals surface area (Å²) in [6.45, 7) is 13.0. The molecule has 17 heteroatoms. The average Bonchev–Trinajstić information content (AvgIpc) is 3.12. The molecule has 4 rings (SSSR count). The molecule has 0 aliphatic carbocycles. The number of hydrogen-bond acceptors (Lipinski definition) is 11. The molecule has 56 heavy (non-hydrogen) atoms. The first-order valence-corrected chi connectivity index (χ1v) is 19.6. The summed E-state index contributed by atoms with van der Waals surface area (Å²) < 4.78 is 19.9. The molecule has 3 unspecified atom stereocenters. The highest BCUT2D eigenvalue weighted by Gasteiger charge is 2.38. The number of rotatable bonds is 16. The van der Waals surface area contributed by atoms with E-state index in [0.717, 1.165) is 10.9 Å². The van der Waals surface area contributed by atoms with Crippen molar-refractivity contribution in [3.8, 4) is 0 Å². The van der Waals surface area contributed by atoms with Crippen molar-refractivity contribution in [2.24, 2.45) is 16.7 Å². The van der Waals surface area contributed by atoms with E-state index in [4.69, 9.17) is 53.8 Å². The molecular formula is C39H52Cl3N5O9. The van der Waals surface area contributed by atoms with Gasteiger partial charge in [0.15, 0.2) is 0 Å². The van der Waals surface area contributed by atoms with E-state index in [-0.39, 0.29) is 24.5 Å². The molecule has 3 heterocycles. The van der Waals surface area contributed by atoms with Gasteiger partial charge in [-0.05, 0) is 57.2 Å². The molecule has 0 saturated carbocycles. The molecule has 2 aliphatic rings. The van der Waals surface area contributed by atoms with E-state index in [2.05, 4.69) is 21.0 Å². The van der Waals surface area contributed by atoms with Gasteiger partial charge in [0.25, 0.3) is 5.91 Å². The van der Waals surface area contributed by atoms with Gasteiger partial charge in [-0.25, -0.2) is 10.4 Å². The van der Waals surface area contributed by atoms with Gasteiger partial charge in [-0.1, -0.05) is 85.9 Å². The van der Waals surface area contributed by atoms with Crippen LogP contribution in [0.1, 0.15) is 78.7 Å². The third kappa shape index (κ3) is 13.0. The monoisotopic (exact) mass is 839 g/mol. The summed E-state index contributed by atoms with van der Waals surface area (Å²) >= 11 is 17.2. The molecule has 0 spiro atoms. The van der Waals surface area contributed by atoms with Gasteiger partial charge < -0.3 is 29.6 Å². The van der Waals surface area contributed by atoms with Crippen LogP contribution < -0.4 is 16.1 Å². The lowest BCUT2D eigenvalue weighted by molar-refractivity contribution is -0.156. The second kappa shape index (κ2) is 19.3. The summed E-state index contributed by atoms with van der Waals surface area (Å²) in [5.74, 6) is -2.98. The Kier molecular flexibility index (Phi) is 15.6. The number of ether oxygens (including phenoxy) is 4. The summed E-state index contributed by atoms with van der Waals surface area (Å²) in [5.41, 5.74) is 3.70. The van der Waals surface area contributed by atoms with Crippen LogP contribution in [0.5, 0.6) is 0 Å². The Morgan fingerprint density at radius 2 is 1.79 bits per heavy atom. The second-order valence-electron chi connectivity index (χ2n) is 15.6. The van der Waals surface area contributed by atoms with Crippen molar-refractivity contribution in [2.75, 3.05) is 39.6 Å². The zero-order valence-corrected chi connectivity index (χ0v) is 35.1. The van der Waals surface area contributed by atoms with E-state index < -0.39 is 69.7 Å². The van der Waals surface area contributed by atoms with Crippen LogP contribution in [-0.4, -0.2) is 101 Å². The molecule has 2 aliphatic heterocycles. The van der Waals surface area contributed by atoms with Gasteiger partial charge in [0, 0.05) is 24.3 Å². The molecule has 0 bridgehead atoms. The Labute approximate surface area is 342 Å². The van der Waals surface area contributed by atoms with Crippen LogP contribution >= 0.6 is 34.8 Å². The normalized spacial score (nSPS) is 18.8. The Balaban J connectivity index is 1.45. The zero-order valence-electron chi connectivity index (χ0n) is 32.8. The summed E-state index contributed by atoms with van der Waals surface area (Å²) in [5, 5.41) is 7.83. The third-order valence-electron chi connectivity index (χ3n) is 9.38. The highest BCUT2D eigenvalue weighted by Crippen LogP contribution is 2.28. The SMILES string of the molecule is CC(=O)O[C@H](C)c1ccc2ccc(C=CC(C)(C)C(=O)NC(C(=O)NC(COCC3(C)COC3)C(=O)N3CCCC(C(=O)OCC(Cl)(Cl)Cl)N3)C(C)C)cc2n1. The lowest BCUT2D eigenvalue weighted by atomic mass is 9.89. The zero-order chi connectivity index (χ0) is 41.4. The predicted octanol–water partition coefficient (Wildman–Crippen LogP) is 4.99. The van der Waals surface area contributed by atoms with Crippen molar-refractivity contribution in [3.63, 3.8) is 0 Å². The summed E-state index contributed by atoms with van der Waals surface area (Å²) in [4.78, 5) is 70.4. The van der Waals surface area contributed by atoms with Crippen molar-refractivity contribution in [3.05, 3.63) is 47.7 Å². The Morgan fingerprint density at radius 1 is 1.09 bits per heavy atom. The number of halogens is 3. The highest BCUT2D eigenvalue weighted by atomic mass is 35.6. The third-order valence-corrected chi connectivity index (χ3v) is 9.70. The molecule has 3 N–H and O–H groups in total. The lowest BCUT2D eigenvalue weighted by Crippen LogP contribution is -2.63. The van der Waals surface area contributed by atoms with E-state index in [0.29, 0.717) is 43.9 Å². The molecule has 3 amide bonds. The Hall–Kier alpha value is -3.53. The Morgan fingerprint density at radius 3 is 2.41 bits per heavy atom. The summed E-state index contributed by atoms with van der Waals surface area (Å²) in [6, 6.07) is 6.34. The first-order chi connectivity index (χ1) is 26.2. The highest BCUT2D eigenvalue weighted by molar-refractivity contribution is 6.67. The number of fused-ring (bicyclic) bond motifs is 1. The van der Waals surface area contributed by atoms with Crippen LogP contribution in [-0.2, 0) is 42.9 Å². The van der Waals surface area contributed by atoms with E-state index in [1.54, 1.807) is 46.8 Å². The first kappa shape index (κ1) is 45.2. The first-order valence-electron chi connectivity index (χ1n) is 18.5. The quantitative estimate of drug-likeness (QED) is 0.154. The lowest BCUT2D eigenvalue weighted by Gasteiger charge is -2.38. The number of pyridine rings is 1. The fourth-order valence-corrected chi connectivity index (χ4v) is 6.15. The van der Waals surface area contributed by atoms with Gasteiger partial charge in [0.2, 0.25) is 15.6 Å². The minimum atomic E-state index is -1.80. The summed E-state index contributed by atoms with van der Waals surface area (Å²) in [6.07, 6.45) is 3.87. The van der Waals surface area contributed by atoms with Crippen molar-refractivity contribution in [1.82, 2.24) is 26.1 Å². The molecule has 14 nitrogen and oxygen atoms in total. The van der Waals surface area contributed by atoms with Gasteiger partial charge in [0.05, 0.1) is 43.1 Å². The predicted molar refractivity (Wildman–Crippen MR) is 212 cm³/mol. The van der Waals surface area contributed by atoms with Gasteiger partial charge >= 0.3 is 11.9 Å². The van der Waals surface area contributed by atoms with Crippen molar-refractivity contribution >= 4 is 81.4 Å². The number of nitrogens with zero attached hydrogens (tertiary/aromatic N) is 2. The molecule has 308 valence electrons. The van der Waals surface area contributed by atoms with E-state index in [1.807, 2.05) is 37.3 Å². The standard InChI is InChI=1S/C39H52Cl3N5O9/c1-23(2)32(45-36(52)37(5,6)15-14-26-10-11-27-12-13-28(43-30(27)17-26)24(3)56-25(4)48)33(49)44-31(18-53-19-38(7)20-54-21-38)34(50)47-16-8-9-29(46-47)35(51)55-22-39(40,41)42/h10-15,17,23-24,29,31-32,46H,8-9,16,18-22H2,1-7H3,(H,44,49)(H,45,52)/t24-,29?,31?,32?/m1/s1. The van der Waals surface area contributed by atoms with E-state index in [9.17, 15) is 24.0 Å². The van der Waals surface area contributed by atoms with Crippen LogP contribution in [0.4, 0.5) is 0 Å². The molecule has 2 saturated heterocycles. The fraction of sp³-hybridized carbons (Fsp3) is 0.590. The van der Waals surface area contributed by atoms with Gasteiger partial charge in [-0.2, -0.15) is 0 Å². The molecule has 2 aromatic rings. The number of esters is 2. The van der Waals surface area contributed by atoms with Crippen molar-refractivity contribution in [1.29, 1.82) is 0 Å². The van der Waals surface area contributed by atoms with Crippen LogP contribution in [0.25, 0.3) is 17.0 Å². The number of carbonyl (C=O) groups is 5. The number of carbonyl (C=O) groups excluding carboxylic acids is 5. The molecule has 1 aromatic carbocycles. The number of benzene rings is 1. The van der Waals surface area contributed by atoms with E-state index >= 15 is 0 Å². The largest absolute Gasteiger partial charge is 0.460 e. The molecule has 1 aromatic heterocycles. The number of amides is 3. The van der Waals surface area contributed by atoms with Crippen molar-refractivity contribution in [2.45, 2.75) is 89.3 Å². The van der Waals surface area contributed by atoms with Crippen LogP contribution in [0.15, 0.2) is 36.4 Å². The smallest absolute Gasteiger partial charge is 0.325 e. The number of hydrogen-bond donors (Lipinski definition) is 3. The van der Waals surface area contributed by atoms with Crippen LogP contribution in [0.3, 0.4) is 0 Å². The van der Waals surface area contributed by atoms with Gasteiger partial charge in [-0.15, -0.1) is 0 Å². The molecular weight excluding hydrogens is 789 g/mol. The maximum atomic E-state index is 13.9. The van der Waals surface area contributed by atoms with Crippen LogP contribution in [0.2, 0.25) is 0 Å². The number of alkyl halides is 3. The number of aromatic nitrogens is 1.